The Morgan fingerprint density at radius 1 is 0.710 bits per heavy atom. The molecule has 0 saturated heterocycles. The number of ether oxygens (including phenoxy) is 4. The Morgan fingerprint density at radius 2 is 1.16 bits per heavy atom. The summed E-state index contributed by atoms with van der Waals surface area (Å²) in [6, 6.07) is 11.9. The van der Waals surface area contributed by atoms with Crippen LogP contribution in [0.15, 0.2) is 36.4 Å². The minimum absolute atomic E-state index is 0.233. The van der Waals surface area contributed by atoms with E-state index in [1.54, 1.807) is 28.4 Å². The van der Waals surface area contributed by atoms with Crippen molar-refractivity contribution in [1.82, 2.24) is 0 Å². The van der Waals surface area contributed by atoms with E-state index in [1.165, 1.54) is 0 Å². The van der Waals surface area contributed by atoms with Gasteiger partial charge in [0, 0.05) is 34.8 Å². The third-order valence-electron chi connectivity index (χ3n) is 7.93. The Morgan fingerprint density at radius 3 is 1.55 bits per heavy atom. The van der Waals surface area contributed by atoms with Gasteiger partial charge in [-0.1, -0.05) is 18.6 Å². The molecule has 5 rings (SSSR count). The standard InChI is InChI=1S/C26H30O5/c1-28-16-6-8-18(22(12-16)30-3)20-14-25(20)10-5-11-26(24(25)27)15-21(26)19-9-7-17(29-2)13-23(19)31-4/h6-9,12-13,20-21H,5,10-11,14-15H2,1-4H3/t20-,21+,25-,26+. The highest BCUT2D eigenvalue weighted by atomic mass is 16.5. The fraction of sp³-hybridized carbons (Fsp3) is 0.500. The van der Waals surface area contributed by atoms with Crippen LogP contribution < -0.4 is 18.9 Å². The first kappa shape index (κ1) is 20.2. The number of methoxy groups -OCH3 is 4. The quantitative estimate of drug-likeness (QED) is 0.647. The van der Waals surface area contributed by atoms with E-state index < -0.39 is 0 Å². The molecular formula is C26H30O5. The molecule has 0 aliphatic heterocycles. The molecule has 0 amide bonds. The Kier molecular flexibility index (Phi) is 4.68. The molecule has 3 aliphatic rings. The van der Waals surface area contributed by atoms with Gasteiger partial charge in [-0.25, -0.2) is 0 Å². The van der Waals surface area contributed by atoms with Crippen molar-refractivity contribution in [3.05, 3.63) is 47.5 Å². The summed E-state index contributed by atoms with van der Waals surface area (Å²) in [5.74, 6) is 4.10. The van der Waals surface area contributed by atoms with Crippen LogP contribution in [-0.2, 0) is 4.79 Å². The molecule has 5 nitrogen and oxygen atoms in total. The third-order valence-corrected chi connectivity index (χ3v) is 7.93. The average molecular weight is 423 g/mol. The van der Waals surface area contributed by atoms with Gasteiger partial charge >= 0.3 is 0 Å². The Labute approximate surface area is 183 Å². The molecule has 0 N–H and O–H groups in total. The summed E-state index contributed by atoms with van der Waals surface area (Å²) >= 11 is 0. The molecule has 3 fully saturated rings. The van der Waals surface area contributed by atoms with Crippen molar-refractivity contribution in [1.29, 1.82) is 0 Å². The lowest BCUT2D eigenvalue weighted by Gasteiger charge is -2.30. The van der Waals surface area contributed by atoms with Gasteiger partial charge in [0.1, 0.15) is 28.8 Å². The molecule has 0 bridgehead atoms. The van der Waals surface area contributed by atoms with Crippen molar-refractivity contribution in [2.75, 3.05) is 28.4 Å². The van der Waals surface area contributed by atoms with Crippen LogP contribution in [0.5, 0.6) is 23.0 Å². The van der Waals surface area contributed by atoms with Gasteiger partial charge in [0.25, 0.3) is 0 Å². The number of hydrogen-bond acceptors (Lipinski definition) is 5. The molecule has 3 saturated carbocycles. The van der Waals surface area contributed by atoms with E-state index in [4.69, 9.17) is 18.9 Å². The van der Waals surface area contributed by atoms with Gasteiger partial charge in [-0.2, -0.15) is 0 Å². The minimum Gasteiger partial charge on any atom is -0.497 e. The van der Waals surface area contributed by atoms with Crippen molar-refractivity contribution >= 4 is 5.78 Å². The first-order chi connectivity index (χ1) is 15.0. The van der Waals surface area contributed by atoms with Crippen molar-refractivity contribution in [3.8, 4) is 23.0 Å². The summed E-state index contributed by atoms with van der Waals surface area (Å²) in [4.78, 5) is 14.0. The highest BCUT2D eigenvalue weighted by Gasteiger charge is 2.73. The molecular weight excluding hydrogens is 392 g/mol. The van der Waals surface area contributed by atoms with Gasteiger partial charge in [-0.05, 0) is 48.9 Å². The van der Waals surface area contributed by atoms with Crippen LogP contribution in [0.2, 0.25) is 0 Å². The molecule has 31 heavy (non-hydrogen) atoms. The summed E-state index contributed by atoms with van der Waals surface area (Å²) in [5, 5.41) is 0. The van der Waals surface area contributed by atoms with Gasteiger partial charge in [0.05, 0.1) is 28.4 Å². The molecule has 4 atom stereocenters. The van der Waals surface area contributed by atoms with Crippen LogP contribution in [0, 0.1) is 10.8 Å². The Hall–Kier alpha value is -2.69. The van der Waals surface area contributed by atoms with E-state index >= 15 is 0 Å². The molecule has 0 aromatic heterocycles. The van der Waals surface area contributed by atoms with Crippen LogP contribution >= 0.6 is 0 Å². The minimum atomic E-state index is -0.241. The summed E-state index contributed by atoms with van der Waals surface area (Å²) in [7, 11) is 6.68. The summed E-state index contributed by atoms with van der Waals surface area (Å²) < 4.78 is 22.0. The molecule has 164 valence electrons. The molecule has 3 aliphatic carbocycles. The highest BCUT2D eigenvalue weighted by molar-refractivity contribution is 5.98. The van der Waals surface area contributed by atoms with Crippen LogP contribution in [0.4, 0.5) is 0 Å². The van der Waals surface area contributed by atoms with Crippen molar-refractivity contribution in [3.63, 3.8) is 0 Å². The molecule has 2 aromatic rings. The second kappa shape index (κ2) is 7.18. The number of hydrogen-bond donors (Lipinski definition) is 0. The maximum absolute atomic E-state index is 14.0. The lowest BCUT2D eigenvalue weighted by molar-refractivity contribution is -0.132. The summed E-state index contributed by atoms with van der Waals surface area (Å²) in [6.45, 7) is 0. The number of carbonyl (C=O) groups is 1. The molecule has 0 radical (unpaired) electrons. The lowest BCUT2D eigenvalue weighted by Crippen LogP contribution is -2.33. The first-order valence-corrected chi connectivity index (χ1v) is 11.0. The second-order valence-corrected chi connectivity index (χ2v) is 9.22. The molecule has 0 heterocycles. The maximum atomic E-state index is 14.0. The summed E-state index contributed by atoms with van der Waals surface area (Å²) in [5.41, 5.74) is 1.78. The summed E-state index contributed by atoms with van der Waals surface area (Å²) in [6.07, 6.45) is 4.88. The third kappa shape index (κ3) is 2.93. The maximum Gasteiger partial charge on any atom is 0.146 e. The number of benzene rings is 2. The zero-order valence-electron chi connectivity index (χ0n) is 18.7. The largest absolute Gasteiger partial charge is 0.497 e. The average Bonchev–Trinajstić information content (AvgIpc) is 3.72. The predicted molar refractivity (Wildman–Crippen MR) is 118 cm³/mol. The number of carbonyl (C=O) groups excluding carboxylic acids is 1. The van der Waals surface area contributed by atoms with Crippen molar-refractivity contribution in [2.24, 2.45) is 10.8 Å². The molecule has 2 spiro atoms. The van der Waals surface area contributed by atoms with Crippen molar-refractivity contribution in [2.45, 2.75) is 43.9 Å². The van der Waals surface area contributed by atoms with Gasteiger partial charge in [-0.3, -0.25) is 4.79 Å². The highest BCUT2D eigenvalue weighted by Crippen LogP contribution is 2.76. The van der Waals surface area contributed by atoms with Gasteiger partial charge in [0.2, 0.25) is 0 Å². The SMILES string of the molecule is COc1ccc([C@H]2C[C@]23CCC[C@@]2(C[C@H]2c2ccc(OC)cc2OC)C3=O)c(OC)c1. The van der Waals surface area contributed by atoms with Crippen LogP contribution in [0.25, 0.3) is 0 Å². The zero-order chi connectivity index (χ0) is 21.8. The van der Waals surface area contributed by atoms with Gasteiger partial charge < -0.3 is 18.9 Å². The van der Waals surface area contributed by atoms with Gasteiger partial charge in [0.15, 0.2) is 0 Å². The number of rotatable bonds is 6. The lowest BCUT2D eigenvalue weighted by atomic mass is 9.71. The fourth-order valence-electron chi connectivity index (χ4n) is 6.14. The second-order valence-electron chi connectivity index (χ2n) is 9.22. The topological polar surface area (TPSA) is 54.0 Å². The Bertz CT molecular complexity index is 951. The van der Waals surface area contributed by atoms with Crippen LogP contribution in [-0.4, -0.2) is 34.2 Å². The van der Waals surface area contributed by atoms with Crippen LogP contribution in [0.3, 0.4) is 0 Å². The van der Waals surface area contributed by atoms with E-state index in [9.17, 15) is 4.79 Å². The van der Waals surface area contributed by atoms with E-state index in [2.05, 4.69) is 12.1 Å². The molecule has 0 unspecified atom stereocenters. The van der Waals surface area contributed by atoms with Gasteiger partial charge in [-0.15, -0.1) is 0 Å². The van der Waals surface area contributed by atoms with Crippen LogP contribution in [0.1, 0.15) is 55.1 Å². The normalized spacial score (nSPS) is 30.9. The molecule has 2 aromatic carbocycles. The fourth-order valence-corrected chi connectivity index (χ4v) is 6.14. The van der Waals surface area contributed by atoms with E-state index in [0.717, 1.165) is 66.2 Å². The zero-order valence-corrected chi connectivity index (χ0v) is 18.7. The van der Waals surface area contributed by atoms with E-state index in [-0.39, 0.29) is 22.7 Å². The molecule has 5 heteroatoms. The number of ketones is 1. The van der Waals surface area contributed by atoms with E-state index in [0.29, 0.717) is 5.78 Å². The smallest absolute Gasteiger partial charge is 0.146 e. The van der Waals surface area contributed by atoms with Crippen molar-refractivity contribution < 1.29 is 23.7 Å². The predicted octanol–water partition coefficient (Wildman–Crippen LogP) is 5.12. The monoisotopic (exact) mass is 422 g/mol. The Balaban J connectivity index is 1.43. The number of Topliss-reactive ketones (excluding diaryl/α,β-unsaturated/α-hetero) is 1. The first-order valence-electron chi connectivity index (χ1n) is 11.0. The van der Waals surface area contributed by atoms with E-state index in [1.807, 2.05) is 24.3 Å².